The molecule has 3 fully saturated rings. The maximum atomic E-state index is 13.5. The van der Waals surface area contributed by atoms with Gasteiger partial charge in [0, 0.05) is 18.2 Å². The van der Waals surface area contributed by atoms with E-state index in [4.69, 9.17) is 0 Å². The Hall–Kier alpha value is -0.960. The van der Waals surface area contributed by atoms with Crippen molar-refractivity contribution in [2.75, 3.05) is 0 Å². The van der Waals surface area contributed by atoms with Crippen LogP contribution >= 0.6 is 0 Å². The number of hydrogen-bond donors (Lipinski definition) is 1. The summed E-state index contributed by atoms with van der Waals surface area (Å²) in [6.07, 6.45) is 4.15. The summed E-state index contributed by atoms with van der Waals surface area (Å²) in [6.45, 7) is 0.329. The molecule has 1 nitrogen and oxygen atoms in total. The van der Waals surface area contributed by atoms with Crippen LogP contribution in [0.25, 0.3) is 0 Å². The second-order valence-corrected chi connectivity index (χ2v) is 6.09. The summed E-state index contributed by atoms with van der Waals surface area (Å²) in [7, 11) is 0. The van der Waals surface area contributed by atoms with Gasteiger partial charge in [0.25, 0.3) is 0 Å². The lowest BCUT2D eigenvalue weighted by Gasteiger charge is -2.11. The van der Waals surface area contributed by atoms with Gasteiger partial charge in [-0.1, -0.05) is 6.07 Å². The fourth-order valence-corrected chi connectivity index (χ4v) is 4.52. The second kappa shape index (κ2) is 3.77. The van der Waals surface area contributed by atoms with Gasteiger partial charge in [-0.05, 0) is 55.1 Å². The van der Waals surface area contributed by atoms with Crippen molar-refractivity contribution in [3.05, 3.63) is 35.4 Å². The molecule has 0 amide bonds. The molecule has 1 N–H and O–H groups in total. The minimum Gasteiger partial charge on any atom is -0.309 e. The fraction of sp³-hybridized carbons (Fsp3) is 0.600. The van der Waals surface area contributed by atoms with Gasteiger partial charge in [-0.2, -0.15) is 0 Å². The topological polar surface area (TPSA) is 12.0 Å². The molecule has 4 atom stereocenters. The zero-order chi connectivity index (χ0) is 12.3. The third kappa shape index (κ3) is 1.46. The Labute approximate surface area is 106 Å². The number of nitrogens with one attached hydrogen (secondary N) is 1. The number of halogens is 2. The molecule has 1 aromatic carbocycles. The van der Waals surface area contributed by atoms with Crippen LogP contribution < -0.4 is 5.32 Å². The van der Waals surface area contributed by atoms with Gasteiger partial charge in [0.2, 0.25) is 0 Å². The number of fused-ring (bicyclic) bond motifs is 5. The number of rotatable bonds is 3. The van der Waals surface area contributed by atoms with Gasteiger partial charge in [0.15, 0.2) is 0 Å². The molecule has 0 aliphatic heterocycles. The first-order valence-corrected chi connectivity index (χ1v) is 6.92. The van der Waals surface area contributed by atoms with Crippen molar-refractivity contribution in [3.8, 4) is 0 Å². The maximum absolute atomic E-state index is 13.5. The van der Waals surface area contributed by atoms with Crippen molar-refractivity contribution in [1.29, 1.82) is 0 Å². The zero-order valence-corrected chi connectivity index (χ0v) is 10.2. The molecule has 0 saturated heterocycles. The number of hydrogen-bond acceptors (Lipinski definition) is 1. The Kier molecular flexibility index (Phi) is 2.28. The first-order valence-electron chi connectivity index (χ1n) is 6.92. The van der Waals surface area contributed by atoms with Crippen molar-refractivity contribution in [3.63, 3.8) is 0 Å². The van der Waals surface area contributed by atoms with Crippen LogP contribution in [-0.2, 0) is 6.54 Å². The van der Waals surface area contributed by atoms with Crippen LogP contribution in [0.1, 0.15) is 24.8 Å². The molecule has 4 rings (SSSR count). The van der Waals surface area contributed by atoms with Gasteiger partial charge in [-0.15, -0.1) is 0 Å². The zero-order valence-electron chi connectivity index (χ0n) is 10.2. The van der Waals surface area contributed by atoms with E-state index in [2.05, 4.69) is 5.32 Å². The average molecular weight is 249 g/mol. The van der Waals surface area contributed by atoms with E-state index in [9.17, 15) is 8.78 Å². The third-order valence-electron chi connectivity index (χ3n) is 5.31. The molecular formula is C15H17F2N. The number of benzene rings is 1. The van der Waals surface area contributed by atoms with E-state index in [1.54, 1.807) is 0 Å². The molecule has 3 heteroatoms. The molecule has 0 heterocycles. The summed E-state index contributed by atoms with van der Waals surface area (Å²) in [6, 6.07) is 4.60. The summed E-state index contributed by atoms with van der Waals surface area (Å²) < 4.78 is 27.0. The van der Waals surface area contributed by atoms with E-state index in [0.717, 1.165) is 23.7 Å². The highest BCUT2D eigenvalue weighted by Gasteiger charge is 2.64. The van der Waals surface area contributed by atoms with E-state index in [-0.39, 0.29) is 5.56 Å². The van der Waals surface area contributed by atoms with Crippen LogP contribution in [0.15, 0.2) is 18.2 Å². The predicted molar refractivity (Wildman–Crippen MR) is 64.8 cm³/mol. The first kappa shape index (κ1) is 10.9. The van der Waals surface area contributed by atoms with E-state index in [0.29, 0.717) is 12.6 Å². The van der Waals surface area contributed by atoms with Crippen molar-refractivity contribution in [2.45, 2.75) is 31.8 Å². The molecule has 0 spiro atoms. The Bertz CT molecular complexity index is 451. The Morgan fingerprint density at radius 2 is 1.67 bits per heavy atom. The summed E-state index contributed by atoms with van der Waals surface area (Å²) in [5.74, 6) is 2.52. The summed E-state index contributed by atoms with van der Waals surface area (Å²) in [5, 5.41) is 3.38. The monoisotopic (exact) mass is 249 g/mol. The predicted octanol–water partition coefficient (Wildman–Crippen LogP) is 3.10. The molecule has 2 bridgehead atoms. The van der Waals surface area contributed by atoms with Crippen LogP contribution in [0.3, 0.4) is 0 Å². The Balaban J connectivity index is 1.43. The van der Waals surface area contributed by atoms with Crippen molar-refractivity contribution >= 4 is 0 Å². The Morgan fingerprint density at radius 1 is 1.06 bits per heavy atom. The van der Waals surface area contributed by atoms with E-state index >= 15 is 0 Å². The minimum absolute atomic E-state index is 0.190. The van der Waals surface area contributed by atoms with Gasteiger partial charge in [-0.3, -0.25) is 0 Å². The summed E-state index contributed by atoms with van der Waals surface area (Å²) in [4.78, 5) is 0. The van der Waals surface area contributed by atoms with Gasteiger partial charge < -0.3 is 5.32 Å². The fourth-order valence-electron chi connectivity index (χ4n) is 4.52. The van der Waals surface area contributed by atoms with Crippen LogP contribution in [0.4, 0.5) is 8.78 Å². The van der Waals surface area contributed by atoms with Crippen molar-refractivity contribution in [2.24, 2.45) is 23.7 Å². The highest BCUT2D eigenvalue weighted by atomic mass is 19.1. The molecule has 0 aromatic heterocycles. The molecule has 0 radical (unpaired) electrons. The molecule has 4 unspecified atom stereocenters. The van der Waals surface area contributed by atoms with Crippen LogP contribution in [-0.4, -0.2) is 6.04 Å². The van der Waals surface area contributed by atoms with E-state index in [1.165, 1.54) is 37.5 Å². The lowest BCUT2D eigenvalue weighted by Crippen LogP contribution is -2.23. The Morgan fingerprint density at radius 3 is 2.28 bits per heavy atom. The van der Waals surface area contributed by atoms with E-state index in [1.807, 2.05) is 0 Å². The highest BCUT2D eigenvalue weighted by Crippen LogP contribution is 2.65. The van der Waals surface area contributed by atoms with Gasteiger partial charge >= 0.3 is 0 Å². The summed E-state index contributed by atoms with van der Waals surface area (Å²) >= 11 is 0. The van der Waals surface area contributed by atoms with Crippen LogP contribution in [0.5, 0.6) is 0 Å². The highest BCUT2D eigenvalue weighted by molar-refractivity contribution is 5.22. The second-order valence-electron chi connectivity index (χ2n) is 6.09. The van der Waals surface area contributed by atoms with E-state index < -0.39 is 11.6 Å². The normalized spacial score (nSPS) is 40.0. The molecule has 96 valence electrons. The van der Waals surface area contributed by atoms with Gasteiger partial charge in [0.05, 0.1) is 0 Å². The first-order chi connectivity index (χ1) is 8.75. The standard InChI is InChI=1S/C15H17F2N/c16-11-2-1-3-12(17)10(11)7-18-15-13-8-4-5-9(6-8)14(13)15/h1-3,8-9,13-15,18H,4-7H2. The molecule has 1 aromatic rings. The average Bonchev–Trinajstić information content (AvgIpc) is 2.76. The molecular weight excluding hydrogens is 232 g/mol. The van der Waals surface area contributed by atoms with Crippen LogP contribution in [0.2, 0.25) is 0 Å². The van der Waals surface area contributed by atoms with Crippen LogP contribution in [0, 0.1) is 35.3 Å². The summed E-state index contributed by atoms with van der Waals surface area (Å²) in [5.41, 5.74) is 0.190. The van der Waals surface area contributed by atoms with Gasteiger partial charge in [0.1, 0.15) is 11.6 Å². The quantitative estimate of drug-likeness (QED) is 0.868. The smallest absolute Gasteiger partial charge is 0.130 e. The van der Waals surface area contributed by atoms with Gasteiger partial charge in [-0.25, -0.2) is 8.78 Å². The maximum Gasteiger partial charge on any atom is 0.130 e. The third-order valence-corrected chi connectivity index (χ3v) is 5.31. The molecule has 3 saturated carbocycles. The van der Waals surface area contributed by atoms with Crippen molar-refractivity contribution < 1.29 is 8.78 Å². The largest absolute Gasteiger partial charge is 0.309 e. The minimum atomic E-state index is -0.434. The molecule has 3 aliphatic carbocycles. The lowest BCUT2D eigenvalue weighted by molar-refractivity contribution is 0.451. The molecule has 3 aliphatic rings. The SMILES string of the molecule is Fc1cccc(F)c1CNC1C2C3CCC(C3)C12. The van der Waals surface area contributed by atoms with Crippen molar-refractivity contribution in [1.82, 2.24) is 5.32 Å². The lowest BCUT2D eigenvalue weighted by atomic mass is 10.0. The molecule has 18 heavy (non-hydrogen) atoms.